The highest BCUT2D eigenvalue weighted by atomic mass is 16.6. The number of nitrogens with zero attached hydrogens (tertiary/aromatic N) is 1. The summed E-state index contributed by atoms with van der Waals surface area (Å²) in [6.07, 6.45) is 1.74. The van der Waals surface area contributed by atoms with Crippen molar-refractivity contribution < 1.29 is 14.5 Å². The molecule has 0 aliphatic carbocycles. The minimum Gasteiger partial charge on any atom is -0.415 e. The van der Waals surface area contributed by atoms with Crippen LogP contribution in [0.4, 0.5) is 0 Å². The van der Waals surface area contributed by atoms with E-state index < -0.39 is 10.9 Å². The lowest BCUT2D eigenvalue weighted by molar-refractivity contribution is -0.375. The minimum atomic E-state index is -0.565. The van der Waals surface area contributed by atoms with Crippen LogP contribution in [0.5, 0.6) is 0 Å². The van der Waals surface area contributed by atoms with Crippen LogP contribution in [0, 0.1) is 10.1 Å². The van der Waals surface area contributed by atoms with E-state index in [9.17, 15) is 14.9 Å². The van der Waals surface area contributed by atoms with E-state index in [0.29, 0.717) is 16.7 Å². The van der Waals surface area contributed by atoms with E-state index in [0.717, 1.165) is 18.4 Å². The van der Waals surface area contributed by atoms with Crippen LogP contribution >= 0.6 is 0 Å². The van der Waals surface area contributed by atoms with Crippen LogP contribution in [0.25, 0.3) is 11.5 Å². The first-order valence-electron chi connectivity index (χ1n) is 8.97. The van der Waals surface area contributed by atoms with E-state index in [1.54, 1.807) is 36.4 Å². The van der Waals surface area contributed by atoms with Crippen molar-refractivity contribution in [3.8, 4) is 0 Å². The Balaban J connectivity index is 1.63. The van der Waals surface area contributed by atoms with Gasteiger partial charge in [-0.3, -0.25) is 10.1 Å². The number of aryl methyl sites for hydroxylation is 2. The predicted molar refractivity (Wildman–Crippen MR) is 106 cm³/mol. The summed E-state index contributed by atoms with van der Waals surface area (Å²) in [6, 6.07) is 24.0. The molecule has 0 bridgehead atoms. The maximum atomic E-state index is 12.0. The number of hydrogen-bond donors (Lipinski definition) is 0. The lowest BCUT2D eigenvalue weighted by atomic mass is 10.0. The fraction of sp³-hybridized carbons (Fsp3) is 0.0870. The van der Waals surface area contributed by atoms with Gasteiger partial charge in [0.2, 0.25) is 5.76 Å². The van der Waals surface area contributed by atoms with Crippen molar-refractivity contribution in [1.82, 2.24) is 0 Å². The molecule has 4 rings (SSSR count). The number of carbonyl (C=O) groups is 1. The zero-order valence-electron chi connectivity index (χ0n) is 15.0. The Morgan fingerprint density at radius 1 is 0.786 bits per heavy atom. The molecule has 1 aliphatic rings. The van der Waals surface area contributed by atoms with Crippen molar-refractivity contribution in [3.63, 3.8) is 0 Å². The summed E-state index contributed by atoms with van der Waals surface area (Å²) < 4.78 is 5.24. The van der Waals surface area contributed by atoms with E-state index in [1.165, 1.54) is 5.56 Å². The van der Waals surface area contributed by atoms with Crippen molar-refractivity contribution in [3.05, 3.63) is 117 Å². The molecule has 0 atom stereocenters. The van der Waals surface area contributed by atoms with Crippen LogP contribution < -0.4 is 0 Å². The average molecular weight is 371 g/mol. The van der Waals surface area contributed by atoms with Crippen LogP contribution in [0.3, 0.4) is 0 Å². The number of carbonyl (C=O) groups excluding carboxylic acids is 1. The van der Waals surface area contributed by atoms with Gasteiger partial charge in [-0.15, -0.1) is 0 Å². The second kappa shape index (κ2) is 7.48. The molecule has 0 unspecified atom stereocenters. The summed E-state index contributed by atoms with van der Waals surface area (Å²) in [6.45, 7) is 0. The van der Waals surface area contributed by atoms with Crippen LogP contribution in [0.2, 0.25) is 0 Å². The van der Waals surface area contributed by atoms with Gasteiger partial charge in [0.05, 0.1) is 16.1 Å². The molecule has 1 heterocycles. The van der Waals surface area contributed by atoms with Gasteiger partial charge >= 0.3 is 11.7 Å². The zero-order chi connectivity index (χ0) is 19.5. The van der Waals surface area contributed by atoms with Crippen LogP contribution in [0.15, 0.2) is 78.9 Å². The van der Waals surface area contributed by atoms with Crippen LogP contribution in [-0.4, -0.2) is 10.9 Å². The summed E-state index contributed by atoms with van der Waals surface area (Å²) in [7, 11) is 0. The Morgan fingerprint density at radius 2 is 1.36 bits per heavy atom. The molecule has 5 nitrogen and oxygen atoms in total. The highest BCUT2D eigenvalue weighted by molar-refractivity contribution is 6.06. The van der Waals surface area contributed by atoms with Gasteiger partial charge < -0.3 is 4.74 Å². The maximum Gasteiger partial charge on any atom is 0.344 e. The van der Waals surface area contributed by atoms with Crippen molar-refractivity contribution in [2.75, 3.05) is 0 Å². The lowest BCUT2D eigenvalue weighted by Gasteiger charge is -2.06. The summed E-state index contributed by atoms with van der Waals surface area (Å²) >= 11 is 0. The largest absolute Gasteiger partial charge is 0.415 e. The minimum absolute atomic E-state index is 0.00244. The number of fused-ring (bicyclic) bond motifs is 1. The highest BCUT2D eigenvalue weighted by Gasteiger charge is 2.34. The average Bonchev–Trinajstić information content (AvgIpc) is 3.05. The van der Waals surface area contributed by atoms with Gasteiger partial charge in [-0.1, -0.05) is 60.7 Å². The monoisotopic (exact) mass is 371 g/mol. The van der Waals surface area contributed by atoms with Gasteiger partial charge in [0, 0.05) is 5.56 Å². The highest BCUT2D eigenvalue weighted by Crippen LogP contribution is 2.35. The molecule has 0 spiro atoms. The topological polar surface area (TPSA) is 69.4 Å². The second-order valence-corrected chi connectivity index (χ2v) is 6.55. The summed E-state index contributed by atoms with van der Waals surface area (Å²) in [5, 5.41) is 11.8. The van der Waals surface area contributed by atoms with E-state index in [2.05, 4.69) is 12.1 Å². The third-order valence-corrected chi connectivity index (χ3v) is 4.76. The molecule has 0 saturated carbocycles. The van der Waals surface area contributed by atoms with Crippen molar-refractivity contribution in [1.29, 1.82) is 0 Å². The quantitative estimate of drug-likeness (QED) is 0.369. The molecule has 3 aromatic carbocycles. The number of cyclic esters (lactones) is 1. The molecule has 0 N–H and O–H groups in total. The smallest absolute Gasteiger partial charge is 0.344 e. The molecule has 0 saturated heterocycles. The number of ether oxygens (including phenoxy) is 1. The van der Waals surface area contributed by atoms with E-state index in [1.807, 2.05) is 30.3 Å². The van der Waals surface area contributed by atoms with E-state index in [-0.39, 0.29) is 11.5 Å². The number of rotatable bonds is 5. The van der Waals surface area contributed by atoms with Crippen LogP contribution in [-0.2, 0) is 17.6 Å². The second-order valence-electron chi connectivity index (χ2n) is 6.55. The lowest BCUT2D eigenvalue weighted by Crippen LogP contribution is -2.03. The molecular formula is C23H17NO4. The van der Waals surface area contributed by atoms with Crippen molar-refractivity contribution >= 4 is 17.4 Å². The molecule has 0 aromatic heterocycles. The molecular weight excluding hydrogens is 354 g/mol. The maximum absolute atomic E-state index is 12.0. The zero-order valence-corrected chi connectivity index (χ0v) is 15.0. The fourth-order valence-corrected chi connectivity index (χ4v) is 3.32. The number of hydrogen-bond acceptors (Lipinski definition) is 4. The van der Waals surface area contributed by atoms with Crippen molar-refractivity contribution in [2.24, 2.45) is 0 Å². The molecule has 28 heavy (non-hydrogen) atoms. The first-order valence-corrected chi connectivity index (χ1v) is 8.97. The first-order chi connectivity index (χ1) is 13.6. The van der Waals surface area contributed by atoms with Gasteiger partial charge in [-0.2, -0.15) is 0 Å². The third-order valence-electron chi connectivity index (χ3n) is 4.76. The van der Waals surface area contributed by atoms with Gasteiger partial charge in [0.1, 0.15) is 0 Å². The Kier molecular flexibility index (Phi) is 4.72. The number of esters is 1. The number of nitro groups is 1. The fourth-order valence-electron chi connectivity index (χ4n) is 3.32. The third kappa shape index (κ3) is 3.42. The SMILES string of the molecule is O=C1O/C(=C(/c2ccc(CCc3ccccc3)cc2)[N+](=O)[O-])c2ccccc21. The summed E-state index contributed by atoms with van der Waals surface area (Å²) in [4.78, 5) is 23.3. The van der Waals surface area contributed by atoms with Gasteiger partial charge in [0.15, 0.2) is 0 Å². The summed E-state index contributed by atoms with van der Waals surface area (Å²) in [5.74, 6) is -0.563. The van der Waals surface area contributed by atoms with E-state index >= 15 is 0 Å². The molecule has 3 aromatic rings. The Hall–Kier alpha value is -3.73. The standard InChI is InChI=1S/C23H17NO4/c25-23-20-9-5-4-8-19(20)22(28-23)21(24(26)27)18-14-12-17(13-15-18)11-10-16-6-2-1-3-7-16/h1-9,12-15H,10-11H2/b22-21-. The first kappa shape index (κ1) is 17.7. The summed E-state index contributed by atoms with van der Waals surface area (Å²) in [5.41, 5.74) is 3.34. The number of benzene rings is 3. The van der Waals surface area contributed by atoms with Crippen molar-refractivity contribution in [2.45, 2.75) is 12.8 Å². The van der Waals surface area contributed by atoms with Crippen LogP contribution in [0.1, 0.15) is 32.6 Å². The molecule has 0 radical (unpaired) electrons. The Labute approximate surface area is 162 Å². The van der Waals surface area contributed by atoms with Gasteiger partial charge in [-0.05, 0) is 42.2 Å². The molecule has 0 fully saturated rings. The Morgan fingerprint density at radius 3 is 2.00 bits per heavy atom. The van der Waals surface area contributed by atoms with E-state index in [4.69, 9.17) is 4.74 Å². The molecule has 0 amide bonds. The molecule has 1 aliphatic heterocycles. The van der Waals surface area contributed by atoms with Gasteiger partial charge in [-0.25, -0.2) is 4.79 Å². The van der Waals surface area contributed by atoms with Gasteiger partial charge in [0.25, 0.3) is 0 Å². The molecule has 138 valence electrons. The normalized spacial score (nSPS) is 14.4. The Bertz CT molecular complexity index is 1070. The predicted octanol–water partition coefficient (Wildman–Crippen LogP) is 4.74. The molecule has 5 heteroatoms.